The summed E-state index contributed by atoms with van der Waals surface area (Å²) >= 11 is 1.36. The molecular weight excluding hydrogens is 262 g/mol. The van der Waals surface area contributed by atoms with Gasteiger partial charge in [-0.05, 0) is 0 Å². The summed E-state index contributed by atoms with van der Waals surface area (Å²) in [6.07, 6.45) is 0. The highest BCUT2D eigenvalue weighted by molar-refractivity contribution is 7.99. The molecule has 2 heterocycles. The predicted molar refractivity (Wildman–Crippen MR) is 67.0 cm³/mol. The third-order valence-corrected chi connectivity index (χ3v) is 5.47. The van der Waals surface area contributed by atoms with Crippen molar-refractivity contribution in [1.29, 1.82) is 0 Å². The number of aromatic nitrogens is 2. The first kappa shape index (κ1) is 12.4. The molecule has 1 aromatic rings. The molecule has 1 atom stereocenters. The van der Waals surface area contributed by atoms with Gasteiger partial charge in [0.05, 0.1) is 11.8 Å². The third-order valence-electron chi connectivity index (χ3n) is 2.60. The van der Waals surface area contributed by atoms with Crippen LogP contribution in [0.15, 0.2) is 16.0 Å². The zero-order valence-corrected chi connectivity index (χ0v) is 10.9. The van der Waals surface area contributed by atoms with Crippen molar-refractivity contribution in [1.82, 2.24) is 9.55 Å². The molecule has 0 saturated carbocycles. The van der Waals surface area contributed by atoms with Crippen molar-refractivity contribution in [2.45, 2.75) is 18.1 Å². The second-order valence-electron chi connectivity index (χ2n) is 3.84. The Morgan fingerprint density at radius 3 is 3.00 bits per heavy atom. The monoisotopic (exact) mass is 275 g/mol. The van der Waals surface area contributed by atoms with Gasteiger partial charge in [-0.15, -0.1) is 0 Å². The maximum Gasteiger partial charge on any atom is 0.256 e. The summed E-state index contributed by atoms with van der Waals surface area (Å²) in [5.41, 5.74) is 5.19. The van der Waals surface area contributed by atoms with Gasteiger partial charge in [0.2, 0.25) is 0 Å². The molecule has 0 aromatic carbocycles. The molecule has 2 rings (SSSR count). The molecule has 0 spiro atoms. The number of hydrogen-bond acceptors (Lipinski definition) is 6. The summed E-state index contributed by atoms with van der Waals surface area (Å²) in [5.74, 6) is 0.786. The molecule has 0 bridgehead atoms. The molecule has 0 fully saturated rings. The molecule has 0 unspecified atom stereocenters. The van der Waals surface area contributed by atoms with Gasteiger partial charge >= 0.3 is 0 Å². The SMILES string of the molecule is CCS(=O)(=O)C[C@@H]1CSc2nc(N)cc(=O)n21. The fraction of sp³-hybridized carbons (Fsp3) is 0.556. The van der Waals surface area contributed by atoms with Crippen LogP contribution in [-0.4, -0.2) is 35.2 Å². The van der Waals surface area contributed by atoms with E-state index in [1.165, 1.54) is 22.4 Å². The molecule has 1 aliphatic rings. The lowest BCUT2D eigenvalue weighted by Crippen LogP contribution is -2.29. The van der Waals surface area contributed by atoms with Crippen LogP contribution in [-0.2, 0) is 9.84 Å². The van der Waals surface area contributed by atoms with Gasteiger partial charge in [-0.2, -0.15) is 0 Å². The Labute approximate surface area is 103 Å². The van der Waals surface area contributed by atoms with E-state index in [1.54, 1.807) is 6.92 Å². The summed E-state index contributed by atoms with van der Waals surface area (Å²) in [5, 5.41) is 0.506. The normalized spacial score (nSPS) is 19.2. The van der Waals surface area contributed by atoms with Gasteiger partial charge in [-0.3, -0.25) is 9.36 Å². The molecule has 17 heavy (non-hydrogen) atoms. The quantitative estimate of drug-likeness (QED) is 0.774. The highest BCUT2D eigenvalue weighted by Crippen LogP contribution is 2.31. The van der Waals surface area contributed by atoms with E-state index < -0.39 is 9.84 Å². The van der Waals surface area contributed by atoms with Gasteiger partial charge in [0.25, 0.3) is 5.56 Å². The van der Waals surface area contributed by atoms with Crippen LogP contribution in [0.5, 0.6) is 0 Å². The van der Waals surface area contributed by atoms with Gasteiger partial charge in [0.15, 0.2) is 15.0 Å². The van der Waals surface area contributed by atoms with E-state index >= 15 is 0 Å². The van der Waals surface area contributed by atoms with E-state index in [9.17, 15) is 13.2 Å². The van der Waals surface area contributed by atoms with Crippen LogP contribution in [0.4, 0.5) is 5.82 Å². The molecule has 0 radical (unpaired) electrons. The minimum atomic E-state index is -3.10. The van der Waals surface area contributed by atoms with Crippen LogP contribution in [0.1, 0.15) is 13.0 Å². The molecular formula is C9H13N3O3S2. The topological polar surface area (TPSA) is 95.1 Å². The number of hydrogen-bond donors (Lipinski definition) is 1. The first-order valence-electron chi connectivity index (χ1n) is 5.15. The number of nitrogens with zero attached hydrogens (tertiary/aromatic N) is 2. The highest BCUT2D eigenvalue weighted by atomic mass is 32.2. The molecule has 94 valence electrons. The van der Waals surface area contributed by atoms with E-state index in [4.69, 9.17) is 5.73 Å². The maximum absolute atomic E-state index is 11.8. The van der Waals surface area contributed by atoms with Gasteiger partial charge in [0, 0.05) is 17.6 Å². The Balaban J connectivity index is 2.38. The summed E-state index contributed by atoms with van der Waals surface area (Å²) in [6, 6.07) is 0.890. The molecule has 0 aliphatic carbocycles. The third kappa shape index (κ3) is 2.47. The fourth-order valence-electron chi connectivity index (χ4n) is 1.70. The van der Waals surface area contributed by atoms with Crippen molar-refractivity contribution in [3.05, 3.63) is 16.4 Å². The molecule has 2 N–H and O–H groups in total. The summed E-state index contributed by atoms with van der Waals surface area (Å²) in [6.45, 7) is 1.60. The van der Waals surface area contributed by atoms with Crippen molar-refractivity contribution in [2.24, 2.45) is 0 Å². The number of anilines is 1. The van der Waals surface area contributed by atoms with Crippen molar-refractivity contribution in [2.75, 3.05) is 23.0 Å². The Hall–Kier alpha value is -1.02. The van der Waals surface area contributed by atoms with Crippen LogP contribution in [0.25, 0.3) is 0 Å². The lowest BCUT2D eigenvalue weighted by atomic mass is 10.4. The maximum atomic E-state index is 11.8. The minimum Gasteiger partial charge on any atom is -0.383 e. The molecule has 1 aromatic heterocycles. The second-order valence-corrected chi connectivity index (χ2v) is 7.22. The van der Waals surface area contributed by atoms with E-state index in [0.29, 0.717) is 10.9 Å². The molecule has 0 saturated heterocycles. The summed E-state index contributed by atoms with van der Waals surface area (Å²) in [4.78, 5) is 15.8. The summed E-state index contributed by atoms with van der Waals surface area (Å²) < 4.78 is 24.6. The number of sulfone groups is 1. The molecule has 6 nitrogen and oxygen atoms in total. The van der Waals surface area contributed by atoms with E-state index in [0.717, 1.165) is 0 Å². The Bertz CT molecular complexity index is 594. The largest absolute Gasteiger partial charge is 0.383 e. The Morgan fingerprint density at radius 1 is 1.65 bits per heavy atom. The number of nitrogens with two attached hydrogens (primary N) is 1. The van der Waals surface area contributed by atoms with Gasteiger partial charge < -0.3 is 5.73 Å². The lowest BCUT2D eigenvalue weighted by Gasteiger charge is -2.12. The van der Waals surface area contributed by atoms with Gasteiger partial charge in [-0.1, -0.05) is 18.7 Å². The smallest absolute Gasteiger partial charge is 0.256 e. The fourth-order valence-corrected chi connectivity index (χ4v) is 4.10. The van der Waals surface area contributed by atoms with Crippen molar-refractivity contribution in [3.8, 4) is 0 Å². The molecule has 1 aliphatic heterocycles. The van der Waals surface area contributed by atoms with Crippen LogP contribution in [0.2, 0.25) is 0 Å². The van der Waals surface area contributed by atoms with Crippen LogP contribution >= 0.6 is 11.8 Å². The molecule has 0 amide bonds. The first-order valence-corrected chi connectivity index (χ1v) is 7.96. The second kappa shape index (κ2) is 4.34. The van der Waals surface area contributed by atoms with E-state index in [-0.39, 0.29) is 28.9 Å². The number of thioether (sulfide) groups is 1. The Kier molecular flexibility index (Phi) is 3.17. The average molecular weight is 275 g/mol. The number of nitrogen functional groups attached to an aromatic ring is 1. The van der Waals surface area contributed by atoms with Crippen molar-refractivity contribution >= 4 is 27.4 Å². The van der Waals surface area contributed by atoms with Gasteiger partial charge in [0.1, 0.15) is 5.82 Å². The average Bonchev–Trinajstić information content (AvgIpc) is 2.60. The predicted octanol–water partition coefficient (Wildman–Crippen LogP) is -0.0930. The van der Waals surface area contributed by atoms with Gasteiger partial charge in [-0.25, -0.2) is 13.4 Å². The Morgan fingerprint density at radius 2 is 2.35 bits per heavy atom. The van der Waals surface area contributed by atoms with Crippen LogP contribution in [0, 0.1) is 0 Å². The van der Waals surface area contributed by atoms with Crippen molar-refractivity contribution < 1.29 is 8.42 Å². The zero-order valence-electron chi connectivity index (χ0n) is 9.29. The van der Waals surface area contributed by atoms with E-state index in [2.05, 4.69) is 4.98 Å². The number of fused-ring (bicyclic) bond motifs is 1. The van der Waals surface area contributed by atoms with Crippen LogP contribution < -0.4 is 11.3 Å². The summed E-state index contributed by atoms with van der Waals surface area (Å²) in [7, 11) is -3.10. The van der Waals surface area contributed by atoms with Crippen LogP contribution in [0.3, 0.4) is 0 Å². The van der Waals surface area contributed by atoms with E-state index in [1.807, 2.05) is 0 Å². The first-order chi connectivity index (χ1) is 7.93. The zero-order chi connectivity index (χ0) is 12.6. The molecule has 8 heteroatoms. The minimum absolute atomic E-state index is 0.0188. The standard InChI is InChI=1S/C9H13N3O3S2/c1-2-17(14,15)5-6-4-16-9-11-7(10)3-8(13)12(6)9/h3,6H,2,4-5,10H2,1H3/t6-/m0/s1. The lowest BCUT2D eigenvalue weighted by molar-refractivity contribution is 0.528. The highest BCUT2D eigenvalue weighted by Gasteiger charge is 2.29. The number of rotatable bonds is 3. The van der Waals surface area contributed by atoms with Crippen molar-refractivity contribution in [3.63, 3.8) is 0 Å².